The zero-order valence-corrected chi connectivity index (χ0v) is 10.3. The number of ether oxygens (including phenoxy) is 1. The van der Waals surface area contributed by atoms with Crippen LogP contribution in [0.4, 0.5) is 0 Å². The predicted molar refractivity (Wildman–Crippen MR) is 64.6 cm³/mol. The van der Waals surface area contributed by atoms with Gasteiger partial charge in [-0.1, -0.05) is 0 Å². The van der Waals surface area contributed by atoms with Crippen molar-refractivity contribution in [3.63, 3.8) is 0 Å². The summed E-state index contributed by atoms with van der Waals surface area (Å²) >= 11 is 0. The van der Waals surface area contributed by atoms with Gasteiger partial charge in [0.15, 0.2) is 0 Å². The van der Waals surface area contributed by atoms with E-state index in [1.165, 1.54) is 19.4 Å². The molecule has 5 heteroatoms. The van der Waals surface area contributed by atoms with E-state index in [-0.39, 0.29) is 6.10 Å². The highest BCUT2D eigenvalue weighted by Gasteiger charge is 2.33. The van der Waals surface area contributed by atoms with Gasteiger partial charge in [0.1, 0.15) is 11.9 Å². The Labute approximate surface area is 102 Å². The Balaban J connectivity index is 1.67. The molecule has 0 bridgehead atoms. The number of nitrogens with one attached hydrogen (secondary N) is 2. The molecule has 0 aliphatic carbocycles. The summed E-state index contributed by atoms with van der Waals surface area (Å²) in [5.41, 5.74) is 1.12. The fraction of sp³-hybridized carbons (Fsp3) is 0.750. The van der Waals surface area contributed by atoms with Crippen LogP contribution in [0.5, 0.6) is 0 Å². The van der Waals surface area contributed by atoms with Gasteiger partial charge >= 0.3 is 0 Å². The first kappa shape index (κ1) is 11.2. The molecule has 94 valence electrons. The van der Waals surface area contributed by atoms with Gasteiger partial charge in [-0.25, -0.2) is 4.98 Å². The van der Waals surface area contributed by atoms with E-state index in [9.17, 15) is 0 Å². The summed E-state index contributed by atoms with van der Waals surface area (Å²) in [6.07, 6.45) is 4.61. The number of hydrogen-bond donors (Lipinski definition) is 2. The van der Waals surface area contributed by atoms with Gasteiger partial charge in [-0.2, -0.15) is 0 Å². The number of hydrogen-bond acceptors (Lipinski definition) is 4. The molecule has 2 atom stereocenters. The Bertz CT molecular complexity index is 378. The van der Waals surface area contributed by atoms with E-state index in [0.29, 0.717) is 6.04 Å². The van der Waals surface area contributed by atoms with Crippen molar-refractivity contribution in [2.24, 2.45) is 0 Å². The lowest BCUT2D eigenvalue weighted by molar-refractivity contribution is -0.0538. The number of aromatic amines is 1. The Morgan fingerprint density at radius 2 is 2.59 bits per heavy atom. The SMILES string of the molecule is CNCc1cnc(C2CN3CCCC3CO2)[nH]1. The summed E-state index contributed by atoms with van der Waals surface area (Å²) in [7, 11) is 1.94. The van der Waals surface area contributed by atoms with Crippen molar-refractivity contribution < 1.29 is 4.74 Å². The number of nitrogens with zero attached hydrogens (tertiary/aromatic N) is 2. The van der Waals surface area contributed by atoms with Crippen molar-refractivity contribution in [2.45, 2.75) is 31.5 Å². The highest BCUT2D eigenvalue weighted by atomic mass is 16.5. The minimum atomic E-state index is 0.120. The van der Waals surface area contributed by atoms with Crippen LogP contribution in [-0.2, 0) is 11.3 Å². The molecule has 0 aromatic carbocycles. The van der Waals surface area contributed by atoms with Crippen LogP contribution >= 0.6 is 0 Å². The Morgan fingerprint density at radius 3 is 3.47 bits per heavy atom. The number of H-pyrrole nitrogens is 1. The van der Waals surface area contributed by atoms with Gasteiger partial charge < -0.3 is 15.0 Å². The molecule has 2 N–H and O–H groups in total. The van der Waals surface area contributed by atoms with Crippen LogP contribution < -0.4 is 5.32 Å². The zero-order chi connectivity index (χ0) is 11.7. The lowest BCUT2D eigenvalue weighted by Gasteiger charge is -2.34. The summed E-state index contributed by atoms with van der Waals surface area (Å²) in [6.45, 7) is 3.88. The lowest BCUT2D eigenvalue weighted by Crippen LogP contribution is -2.42. The molecule has 5 nitrogen and oxygen atoms in total. The molecule has 0 radical (unpaired) electrons. The second-order valence-electron chi connectivity index (χ2n) is 4.94. The van der Waals surface area contributed by atoms with Gasteiger partial charge in [0.25, 0.3) is 0 Å². The normalized spacial score (nSPS) is 29.5. The quantitative estimate of drug-likeness (QED) is 0.809. The summed E-state index contributed by atoms with van der Waals surface area (Å²) in [5, 5.41) is 3.11. The maximum absolute atomic E-state index is 5.91. The third-order valence-corrected chi connectivity index (χ3v) is 3.71. The third-order valence-electron chi connectivity index (χ3n) is 3.71. The molecular weight excluding hydrogens is 216 g/mol. The van der Waals surface area contributed by atoms with Crippen molar-refractivity contribution in [1.29, 1.82) is 0 Å². The van der Waals surface area contributed by atoms with Crippen LogP contribution in [0.15, 0.2) is 6.20 Å². The number of imidazole rings is 1. The van der Waals surface area contributed by atoms with Crippen LogP contribution in [-0.4, -0.2) is 47.7 Å². The van der Waals surface area contributed by atoms with Gasteiger partial charge in [-0.15, -0.1) is 0 Å². The molecule has 3 heterocycles. The number of rotatable bonds is 3. The molecule has 2 saturated heterocycles. The molecular formula is C12H20N4O. The van der Waals surface area contributed by atoms with Crippen LogP contribution in [0.2, 0.25) is 0 Å². The van der Waals surface area contributed by atoms with E-state index in [1.54, 1.807) is 0 Å². The van der Waals surface area contributed by atoms with Crippen LogP contribution in [0.25, 0.3) is 0 Å². The highest BCUT2D eigenvalue weighted by Crippen LogP contribution is 2.28. The molecule has 3 rings (SSSR count). The fourth-order valence-corrected chi connectivity index (χ4v) is 2.80. The van der Waals surface area contributed by atoms with Crippen molar-refractivity contribution in [3.8, 4) is 0 Å². The first-order chi connectivity index (χ1) is 8.36. The molecule has 1 aromatic heterocycles. The number of aromatic nitrogens is 2. The Hall–Kier alpha value is -0.910. The predicted octanol–water partition coefficient (Wildman–Crippen LogP) is 0.665. The van der Waals surface area contributed by atoms with Crippen LogP contribution in [0, 0.1) is 0 Å². The maximum Gasteiger partial charge on any atom is 0.136 e. The van der Waals surface area contributed by atoms with E-state index >= 15 is 0 Å². The second kappa shape index (κ2) is 4.76. The summed E-state index contributed by atoms with van der Waals surface area (Å²) in [6, 6.07) is 0.651. The molecule has 1 aromatic rings. The molecule has 0 spiro atoms. The molecule has 2 fully saturated rings. The highest BCUT2D eigenvalue weighted by molar-refractivity contribution is 5.05. The third kappa shape index (κ3) is 2.22. The van der Waals surface area contributed by atoms with Gasteiger partial charge in [0.05, 0.1) is 6.61 Å². The number of fused-ring (bicyclic) bond motifs is 1. The van der Waals surface area contributed by atoms with E-state index in [2.05, 4.69) is 20.2 Å². The minimum absolute atomic E-state index is 0.120. The average molecular weight is 236 g/mol. The summed E-state index contributed by atoms with van der Waals surface area (Å²) in [5.74, 6) is 0.973. The topological polar surface area (TPSA) is 53.2 Å². The monoisotopic (exact) mass is 236 g/mol. The molecule has 2 aliphatic rings. The average Bonchev–Trinajstić information content (AvgIpc) is 2.96. The minimum Gasteiger partial charge on any atom is -0.367 e. The van der Waals surface area contributed by atoms with Crippen molar-refractivity contribution in [1.82, 2.24) is 20.2 Å². The van der Waals surface area contributed by atoms with Gasteiger partial charge in [-0.05, 0) is 26.4 Å². The Kier molecular flexibility index (Phi) is 3.13. The molecule has 17 heavy (non-hydrogen) atoms. The van der Waals surface area contributed by atoms with Gasteiger partial charge in [0, 0.05) is 31.0 Å². The first-order valence-electron chi connectivity index (χ1n) is 6.41. The van der Waals surface area contributed by atoms with Crippen LogP contribution in [0.3, 0.4) is 0 Å². The lowest BCUT2D eigenvalue weighted by atomic mass is 10.2. The second-order valence-corrected chi connectivity index (χ2v) is 4.94. The standard InChI is InChI=1S/C12H20N4O/c1-13-5-9-6-14-12(15-9)11-7-16-4-2-3-10(16)8-17-11/h6,10-11,13H,2-5,7-8H2,1H3,(H,14,15). The number of morpholine rings is 1. The zero-order valence-electron chi connectivity index (χ0n) is 10.3. The molecule has 2 aliphatic heterocycles. The van der Waals surface area contributed by atoms with E-state index in [4.69, 9.17) is 4.74 Å². The van der Waals surface area contributed by atoms with E-state index in [0.717, 1.165) is 31.2 Å². The van der Waals surface area contributed by atoms with Gasteiger partial charge in [-0.3, -0.25) is 4.90 Å². The maximum atomic E-state index is 5.91. The largest absolute Gasteiger partial charge is 0.367 e. The fourth-order valence-electron chi connectivity index (χ4n) is 2.80. The molecule has 0 saturated carbocycles. The smallest absolute Gasteiger partial charge is 0.136 e. The molecule has 2 unspecified atom stereocenters. The van der Waals surface area contributed by atoms with Crippen molar-refractivity contribution in [2.75, 3.05) is 26.7 Å². The van der Waals surface area contributed by atoms with E-state index in [1.807, 2.05) is 13.2 Å². The van der Waals surface area contributed by atoms with Crippen molar-refractivity contribution in [3.05, 3.63) is 17.7 Å². The first-order valence-corrected chi connectivity index (χ1v) is 6.41. The summed E-state index contributed by atoms with van der Waals surface area (Å²) in [4.78, 5) is 10.3. The van der Waals surface area contributed by atoms with Gasteiger partial charge in [0.2, 0.25) is 0 Å². The van der Waals surface area contributed by atoms with E-state index < -0.39 is 0 Å². The summed E-state index contributed by atoms with van der Waals surface area (Å²) < 4.78 is 5.91. The Morgan fingerprint density at radius 1 is 1.65 bits per heavy atom. The molecule has 0 amide bonds. The van der Waals surface area contributed by atoms with Crippen LogP contribution in [0.1, 0.15) is 30.5 Å². The van der Waals surface area contributed by atoms with Crippen molar-refractivity contribution >= 4 is 0 Å².